The van der Waals surface area contributed by atoms with Crippen molar-refractivity contribution >= 4 is 17.9 Å². The fraction of sp³-hybridized carbons (Fsp3) is 0.652. The molecule has 0 spiro atoms. The first-order valence-electron chi connectivity index (χ1n) is 12.0. The second kappa shape index (κ2) is 14.8. The highest BCUT2D eigenvalue weighted by Crippen LogP contribution is 2.29. The molecule has 1 heterocycles. The Balaban J connectivity index is 1.90. The molecule has 1 aromatic rings. The number of amides is 1. The number of nitrogens with two attached hydrogens (primary N) is 1. The van der Waals surface area contributed by atoms with Crippen molar-refractivity contribution in [2.75, 3.05) is 32.1 Å². The lowest BCUT2D eigenvalue weighted by atomic mass is 9.96. The predicted molar refractivity (Wildman–Crippen MR) is 129 cm³/mol. The van der Waals surface area contributed by atoms with Gasteiger partial charge < -0.3 is 71.2 Å². The van der Waals surface area contributed by atoms with Crippen LogP contribution < -0.4 is 15.8 Å². The smallest absolute Gasteiger partial charge is 0.226 e. The van der Waals surface area contributed by atoms with Crippen LogP contribution in [-0.4, -0.2) is 139 Å². The molecule has 1 amide bonds. The van der Waals surface area contributed by atoms with Crippen LogP contribution in [-0.2, 0) is 14.3 Å². The van der Waals surface area contributed by atoms with Gasteiger partial charge in [-0.05, 0) is 18.6 Å². The molecule has 12 N–H and O–H groups in total. The summed E-state index contributed by atoms with van der Waals surface area (Å²) in [5.41, 5.74) is 6.23. The third kappa shape index (κ3) is 8.26. The number of rotatable bonds is 15. The molecule has 0 aliphatic carbocycles. The molecule has 39 heavy (non-hydrogen) atoms. The Labute approximate surface area is 222 Å². The third-order valence-electron chi connectivity index (χ3n) is 6.10. The van der Waals surface area contributed by atoms with Crippen LogP contribution in [0.25, 0.3) is 0 Å². The van der Waals surface area contributed by atoms with Gasteiger partial charge >= 0.3 is 0 Å². The first-order valence-corrected chi connectivity index (χ1v) is 12.0. The number of aliphatic hydroxyl groups excluding tert-OH is 8. The zero-order valence-corrected chi connectivity index (χ0v) is 20.8. The second-order valence-corrected chi connectivity index (χ2v) is 8.94. The number of carbonyl (C=O) groups excluding carboxylic acids is 2. The number of hydrogen-bond donors (Lipinski definition) is 11. The number of anilines is 1. The summed E-state index contributed by atoms with van der Waals surface area (Å²) in [4.78, 5) is 22.9. The van der Waals surface area contributed by atoms with Crippen molar-refractivity contribution in [3.05, 3.63) is 23.8 Å². The minimum Gasteiger partial charge on any atom is -0.494 e. The Hall–Kier alpha value is -2.48. The van der Waals surface area contributed by atoms with E-state index in [0.717, 1.165) is 0 Å². The Kier molecular flexibility index (Phi) is 12.4. The third-order valence-corrected chi connectivity index (χ3v) is 6.10. The maximum absolute atomic E-state index is 12.1. The lowest BCUT2D eigenvalue weighted by Crippen LogP contribution is -2.66. The molecule has 0 saturated carbocycles. The number of hydrogen-bond acceptors (Lipinski definition) is 15. The van der Waals surface area contributed by atoms with Crippen molar-refractivity contribution in [3.8, 4) is 5.75 Å². The van der Waals surface area contributed by atoms with Crippen LogP contribution in [0.2, 0.25) is 0 Å². The van der Waals surface area contributed by atoms with Gasteiger partial charge in [-0.15, -0.1) is 0 Å². The number of nitrogen functional groups attached to an aromatic ring is 1. The van der Waals surface area contributed by atoms with E-state index in [-0.39, 0.29) is 25.1 Å². The minimum atomic E-state index is -3.21. The van der Waals surface area contributed by atoms with Crippen molar-refractivity contribution in [2.24, 2.45) is 0 Å². The largest absolute Gasteiger partial charge is 0.494 e. The number of ether oxygens (including phenoxy) is 3. The van der Waals surface area contributed by atoms with Gasteiger partial charge in [0.25, 0.3) is 0 Å². The zero-order valence-electron chi connectivity index (χ0n) is 20.8. The summed E-state index contributed by atoms with van der Waals surface area (Å²) in [5, 5.41) is 92.5. The maximum Gasteiger partial charge on any atom is 0.226 e. The van der Waals surface area contributed by atoms with Crippen molar-refractivity contribution in [1.29, 1.82) is 0 Å². The van der Waals surface area contributed by atoms with E-state index < -0.39 is 80.5 Å². The molecule has 16 nitrogen and oxygen atoms in total. The van der Waals surface area contributed by atoms with E-state index in [1.807, 2.05) is 0 Å². The molecule has 6 unspecified atom stereocenters. The average Bonchev–Trinajstić information content (AvgIpc) is 2.93. The lowest BCUT2D eigenvalue weighted by molar-refractivity contribution is -0.402. The molecule has 0 aromatic heterocycles. The van der Waals surface area contributed by atoms with Crippen LogP contribution in [0, 0.1) is 0 Å². The van der Waals surface area contributed by atoms with E-state index in [0.29, 0.717) is 17.6 Å². The SMILES string of the molecule is Nc1cc(OCCCC(=O)NCC(O)C(O)[C@](O)(O[C@@H]2OC(CO)[C@H](O)C(O)C2O)C(O)CO)ccc1C=O. The Morgan fingerprint density at radius 1 is 1.15 bits per heavy atom. The van der Waals surface area contributed by atoms with Crippen molar-refractivity contribution in [2.45, 2.75) is 67.6 Å². The van der Waals surface area contributed by atoms with Gasteiger partial charge in [-0.3, -0.25) is 9.59 Å². The van der Waals surface area contributed by atoms with E-state index >= 15 is 0 Å². The average molecular weight is 565 g/mol. The molecule has 1 fully saturated rings. The summed E-state index contributed by atoms with van der Waals surface area (Å²) in [7, 11) is 0. The highest BCUT2D eigenvalue weighted by molar-refractivity contribution is 5.83. The van der Waals surface area contributed by atoms with E-state index in [9.17, 15) is 55.5 Å². The fourth-order valence-corrected chi connectivity index (χ4v) is 3.69. The van der Waals surface area contributed by atoms with E-state index in [2.05, 4.69) is 5.32 Å². The molecule has 1 aliphatic heterocycles. The lowest BCUT2D eigenvalue weighted by Gasteiger charge is -2.45. The van der Waals surface area contributed by atoms with Gasteiger partial charge in [-0.25, -0.2) is 0 Å². The molecule has 1 aromatic carbocycles. The summed E-state index contributed by atoms with van der Waals surface area (Å²) < 4.78 is 15.6. The first-order chi connectivity index (χ1) is 18.4. The van der Waals surface area contributed by atoms with Crippen molar-refractivity contribution < 1.29 is 69.8 Å². The topological polar surface area (TPSA) is 282 Å². The van der Waals surface area contributed by atoms with Gasteiger partial charge in [0, 0.05) is 30.3 Å². The van der Waals surface area contributed by atoms with E-state index in [1.54, 1.807) is 0 Å². The van der Waals surface area contributed by atoms with Crippen LogP contribution >= 0.6 is 0 Å². The van der Waals surface area contributed by atoms with Gasteiger partial charge in [0.2, 0.25) is 11.7 Å². The van der Waals surface area contributed by atoms with Crippen LogP contribution in [0.15, 0.2) is 18.2 Å². The van der Waals surface area contributed by atoms with Crippen LogP contribution in [0.1, 0.15) is 23.2 Å². The van der Waals surface area contributed by atoms with E-state index in [4.69, 9.17) is 19.9 Å². The van der Waals surface area contributed by atoms with Crippen LogP contribution in [0.5, 0.6) is 5.75 Å². The van der Waals surface area contributed by atoms with Crippen LogP contribution in [0.4, 0.5) is 5.69 Å². The number of benzene rings is 1. The quantitative estimate of drug-likeness (QED) is 0.0411. The van der Waals surface area contributed by atoms with Crippen LogP contribution in [0.3, 0.4) is 0 Å². The maximum atomic E-state index is 12.1. The highest BCUT2D eigenvalue weighted by Gasteiger charge is 2.53. The Morgan fingerprint density at radius 2 is 1.85 bits per heavy atom. The predicted octanol–water partition coefficient (Wildman–Crippen LogP) is -5.06. The number of aldehydes is 1. The number of carbonyl (C=O) groups is 2. The number of aliphatic hydroxyl groups is 9. The molecule has 1 saturated heterocycles. The fourth-order valence-electron chi connectivity index (χ4n) is 3.69. The molecule has 2 rings (SSSR count). The van der Waals surface area contributed by atoms with Gasteiger partial charge in [-0.1, -0.05) is 0 Å². The molecular formula is C23H36N2O14. The normalized spacial score (nSPS) is 27.2. The molecular weight excluding hydrogens is 528 g/mol. The van der Waals surface area contributed by atoms with Gasteiger partial charge in [0.1, 0.15) is 48.5 Å². The van der Waals surface area contributed by atoms with Gasteiger partial charge in [-0.2, -0.15) is 0 Å². The number of nitrogens with one attached hydrogen (secondary N) is 1. The molecule has 9 atom stereocenters. The van der Waals surface area contributed by atoms with Gasteiger partial charge in [0.05, 0.1) is 19.8 Å². The Morgan fingerprint density at radius 3 is 2.44 bits per heavy atom. The standard InChI is InChI=1S/C23H36N2O14/c24-13-6-12(4-3-11(13)8-26)37-5-1-2-17(31)25-7-14(29)21(35)23(36,16(30)10-28)39-22-20(34)19(33)18(32)15(9-27)38-22/h3-4,6,8,14-16,18-22,27-30,32-36H,1-2,5,7,9-10,24H2,(H,25,31)/t14?,15?,16?,18-,19?,20?,21?,22-,23+/m0/s1. The molecule has 1 aliphatic rings. The Bertz CT molecular complexity index is 936. The molecule has 0 radical (unpaired) electrons. The summed E-state index contributed by atoms with van der Waals surface area (Å²) in [6.45, 7) is -2.58. The minimum absolute atomic E-state index is 0.0738. The zero-order chi connectivity index (χ0) is 29.3. The highest BCUT2D eigenvalue weighted by atomic mass is 16.8. The summed E-state index contributed by atoms with van der Waals surface area (Å²) >= 11 is 0. The van der Waals surface area contributed by atoms with Gasteiger partial charge in [0.15, 0.2) is 12.6 Å². The summed E-state index contributed by atoms with van der Waals surface area (Å²) in [6, 6.07) is 4.47. The summed E-state index contributed by atoms with van der Waals surface area (Å²) in [5.74, 6) is -3.40. The van der Waals surface area contributed by atoms with Crippen molar-refractivity contribution in [1.82, 2.24) is 5.32 Å². The van der Waals surface area contributed by atoms with Crippen molar-refractivity contribution in [3.63, 3.8) is 0 Å². The summed E-state index contributed by atoms with van der Waals surface area (Å²) in [6.07, 6.45) is -15.1. The second-order valence-electron chi connectivity index (χ2n) is 8.94. The molecule has 0 bridgehead atoms. The molecule has 222 valence electrons. The van der Waals surface area contributed by atoms with E-state index in [1.165, 1.54) is 18.2 Å². The molecule has 16 heteroatoms. The first kappa shape index (κ1) is 32.7. The monoisotopic (exact) mass is 564 g/mol.